The van der Waals surface area contributed by atoms with E-state index in [9.17, 15) is 0 Å². The summed E-state index contributed by atoms with van der Waals surface area (Å²) < 4.78 is 10.8. The molecule has 4 heteroatoms. The Morgan fingerprint density at radius 2 is 1.94 bits per heavy atom. The van der Waals surface area contributed by atoms with Crippen LogP contribution in [0.25, 0.3) is 10.9 Å². The summed E-state index contributed by atoms with van der Waals surface area (Å²) >= 11 is 0. The van der Waals surface area contributed by atoms with E-state index in [4.69, 9.17) is 9.47 Å². The SMILES string of the molecule is CC(c1c[nH]c2cc3c(cc12)OCO3)N(C)C. The average Bonchev–Trinajstić information content (AvgIpc) is 2.89. The van der Waals surface area contributed by atoms with Gasteiger partial charge in [-0.1, -0.05) is 0 Å². The number of aromatic amines is 1. The fourth-order valence-corrected chi connectivity index (χ4v) is 2.16. The zero-order valence-corrected chi connectivity index (χ0v) is 10.3. The Morgan fingerprint density at radius 1 is 1.24 bits per heavy atom. The van der Waals surface area contributed by atoms with Gasteiger partial charge in [0.25, 0.3) is 0 Å². The molecule has 0 saturated heterocycles. The highest BCUT2D eigenvalue weighted by molar-refractivity contribution is 5.87. The molecule has 3 rings (SSSR count). The minimum atomic E-state index is 0.320. The normalized spacial score (nSPS) is 15.8. The van der Waals surface area contributed by atoms with Crippen LogP contribution in [0.4, 0.5) is 0 Å². The van der Waals surface area contributed by atoms with Crippen LogP contribution in [0.3, 0.4) is 0 Å². The monoisotopic (exact) mass is 232 g/mol. The van der Waals surface area contributed by atoms with Crippen molar-refractivity contribution in [1.29, 1.82) is 0 Å². The average molecular weight is 232 g/mol. The second kappa shape index (κ2) is 3.67. The summed E-state index contributed by atoms with van der Waals surface area (Å²) in [5, 5.41) is 1.20. The predicted octanol–water partition coefficient (Wildman–Crippen LogP) is 2.52. The number of hydrogen-bond donors (Lipinski definition) is 1. The van der Waals surface area contributed by atoms with E-state index in [0.29, 0.717) is 12.8 Å². The Labute approximate surface area is 100 Å². The van der Waals surface area contributed by atoms with E-state index in [1.807, 2.05) is 6.07 Å². The number of benzene rings is 1. The summed E-state index contributed by atoms with van der Waals surface area (Å²) in [6.07, 6.45) is 2.06. The van der Waals surface area contributed by atoms with Crippen LogP contribution in [0, 0.1) is 0 Å². The van der Waals surface area contributed by atoms with E-state index in [1.165, 1.54) is 10.9 Å². The lowest BCUT2D eigenvalue weighted by Crippen LogP contribution is -2.16. The largest absolute Gasteiger partial charge is 0.454 e. The molecule has 0 spiro atoms. The third-order valence-electron chi connectivity index (χ3n) is 3.43. The summed E-state index contributed by atoms with van der Waals surface area (Å²) in [6.45, 7) is 2.51. The lowest BCUT2D eigenvalue weighted by atomic mass is 10.1. The van der Waals surface area contributed by atoms with E-state index >= 15 is 0 Å². The number of nitrogens with zero attached hydrogens (tertiary/aromatic N) is 1. The van der Waals surface area contributed by atoms with Gasteiger partial charge >= 0.3 is 0 Å². The van der Waals surface area contributed by atoms with Gasteiger partial charge in [-0.15, -0.1) is 0 Å². The number of hydrogen-bond acceptors (Lipinski definition) is 3. The maximum Gasteiger partial charge on any atom is 0.231 e. The molecule has 0 fully saturated rings. The topological polar surface area (TPSA) is 37.5 Å². The number of nitrogens with one attached hydrogen (secondary N) is 1. The van der Waals surface area contributed by atoms with E-state index in [2.05, 4.69) is 43.2 Å². The van der Waals surface area contributed by atoms with E-state index < -0.39 is 0 Å². The van der Waals surface area contributed by atoms with Crippen LogP contribution in [0.2, 0.25) is 0 Å². The minimum Gasteiger partial charge on any atom is -0.454 e. The molecule has 4 nitrogen and oxygen atoms in total. The second-order valence-electron chi connectivity index (χ2n) is 4.63. The van der Waals surface area contributed by atoms with E-state index in [1.54, 1.807) is 0 Å². The van der Waals surface area contributed by atoms with Crippen molar-refractivity contribution in [1.82, 2.24) is 9.88 Å². The highest BCUT2D eigenvalue weighted by Gasteiger charge is 2.19. The van der Waals surface area contributed by atoms with Crippen molar-refractivity contribution in [2.24, 2.45) is 0 Å². The van der Waals surface area contributed by atoms with Crippen molar-refractivity contribution in [2.75, 3.05) is 20.9 Å². The minimum absolute atomic E-state index is 0.320. The summed E-state index contributed by atoms with van der Waals surface area (Å²) in [4.78, 5) is 5.48. The molecule has 0 saturated carbocycles. The molecular formula is C13H16N2O2. The summed E-state index contributed by atoms with van der Waals surface area (Å²) in [5.74, 6) is 1.66. The Kier molecular flexibility index (Phi) is 2.26. The molecule has 1 unspecified atom stereocenters. The van der Waals surface area contributed by atoms with Crippen LogP contribution < -0.4 is 9.47 Å². The van der Waals surface area contributed by atoms with Gasteiger partial charge in [-0.25, -0.2) is 0 Å². The quantitative estimate of drug-likeness (QED) is 0.864. The molecule has 2 heterocycles. The van der Waals surface area contributed by atoms with Gasteiger partial charge in [0.2, 0.25) is 6.79 Å². The first kappa shape index (κ1) is 10.5. The third kappa shape index (κ3) is 1.56. The van der Waals surface area contributed by atoms with Crippen LogP contribution in [-0.4, -0.2) is 30.8 Å². The molecule has 0 bridgehead atoms. The van der Waals surface area contributed by atoms with Gasteiger partial charge in [0.15, 0.2) is 11.5 Å². The van der Waals surface area contributed by atoms with Crippen molar-refractivity contribution < 1.29 is 9.47 Å². The maximum absolute atomic E-state index is 5.42. The number of aromatic nitrogens is 1. The highest BCUT2D eigenvalue weighted by Crippen LogP contribution is 2.38. The van der Waals surface area contributed by atoms with Gasteiger partial charge in [0.1, 0.15) is 0 Å². The Hall–Kier alpha value is -1.68. The standard InChI is InChI=1S/C13H16N2O2/c1-8(15(2)3)10-6-14-11-5-13-12(4-9(10)11)16-7-17-13/h4-6,8,14H,7H2,1-3H3. The molecule has 17 heavy (non-hydrogen) atoms. The van der Waals surface area contributed by atoms with Crippen LogP contribution in [0.1, 0.15) is 18.5 Å². The van der Waals surface area contributed by atoms with Crippen molar-refractivity contribution >= 4 is 10.9 Å². The van der Waals surface area contributed by atoms with Gasteiger partial charge in [-0.2, -0.15) is 0 Å². The van der Waals surface area contributed by atoms with E-state index in [-0.39, 0.29) is 0 Å². The second-order valence-corrected chi connectivity index (χ2v) is 4.63. The Morgan fingerprint density at radius 3 is 2.65 bits per heavy atom. The molecular weight excluding hydrogens is 216 g/mol. The number of fused-ring (bicyclic) bond motifs is 2. The lowest BCUT2D eigenvalue weighted by Gasteiger charge is -2.19. The molecule has 2 aromatic rings. The molecule has 0 amide bonds. The summed E-state index contributed by atoms with van der Waals surface area (Å²) in [5.41, 5.74) is 2.38. The van der Waals surface area contributed by atoms with Crippen molar-refractivity contribution in [3.8, 4) is 11.5 Å². The molecule has 1 aliphatic heterocycles. The lowest BCUT2D eigenvalue weighted by molar-refractivity contribution is 0.174. The smallest absolute Gasteiger partial charge is 0.231 e. The molecule has 0 radical (unpaired) electrons. The Bertz CT molecular complexity index is 560. The van der Waals surface area contributed by atoms with E-state index in [0.717, 1.165) is 17.0 Å². The number of rotatable bonds is 2. The number of H-pyrrole nitrogens is 1. The fourth-order valence-electron chi connectivity index (χ4n) is 2.16. The van der Waals surface area contributed by atoms with Crippen molar-refractivity contribution in [2.45, 2.75) is 13.0 Å². The van der Waals surface area contributed by atoms with Crippen LogP contribution >= 0.6 is 0 Å². The van der Waals surface area contributed by atoms with Gasteiger partial charge in [0.05, 0.1) is 0 Å². The molecule has 0 aliphatic carbocycles. The molecule has 1 aromatic heterocycles. The predicted molar refractivity (Wildman–Crippen MR) is 66.5 cm³/mol. The van der Waals surface area contributed by atoms with Crippen molar-refractivity contribution in [3.63, 3.8) is 0 Å². The zero-order valence-electron chi connectivity index (χ0n) is 10.3. The zero-order chi connectivity index (χ0) is 12.0. The summed E-state index contributed by atoms with van der Waals surface area (Å²) in [6, 6.07) is 4.43. The first-order valence-electron chi connectivity index (χ1n) is 5.74. The first-order chi connectivity index (χ1) is 8.16. The maximum atomic E-state index is 5.42. The van der Waals surface area contributed by atoms with Crippen LogP contribution in [0.5, 0.6) is 11.5 Å². The molecule has 1 N–H and O–H groups in total. The van der Waals surface area contributed by atoms with Crippen LogP contribution in [0.15, 0.2) is 18.3 Å². The number of ether oxygens (including phenoxy) is 2. The van der Waals surface area contributed by atoms with Gasteiger partial charge < -0.3 is 19.4 Å². The molecule has 1 aromatic carbocycles. The first-order valence-corrected chi connectivity index (χ1v) is 5.74. The molecule has 1 atom stereocenters. The molecule has 1 aliphatic rings. The van der Waals surface area contributed by atoms with Gasteiger partial charge in [0, 0.05) is 29.2 Å². The Balaban J connectivity index is 2.15. The fraction of sp³-hybridized carbons (Fsp3) is 0.385. The van der Waals surface area contributed by atoms with Crippen molar-refractivity contribution in [3.05, 3.63) is 23.9 Å². The highest BCUT2D eigenvalue weighted by atomic mass is 16.7. The summed E-state index contributed by atoms with van der Waals surface area (Å²) in [7, 11) is 4.16. The van der Waals surface area contributed by atoms with Gasteiger partial charge in [-0.3, -0.25) is 0 Å². The van der Waals surface area contributed by atoms with Crippen LogP contribution in [-0.2, 0) is 0 Å². The van der Waals surface area contributed by atoms with Gasteiger partial charge in [-0.05, 0) is 32.6 Å². The molecule has 90 valence electrons. The third-order valence-corrected chi connectivity index (χ3v) is 3.43.